The van der Waals surface area contributed by atoms with E-state index in [2.05, 4.69) is 20.7 Å². The van der Waals surface area contributed by atoms with Gasteiger partial charge in [0.05, 0.1) is 17.5 Å². The molecule has 0 unspecified atom stereocenters. The number of hydrogen-bond acceptors (Lipinski definition) is 4. The topological polar surface area (TPSA) is 77.1 Å². The first-order valence-electron chi connectivity index (χ1n) is 7.85. The zero-order valence-electron chi connectivity index (χ0n) is 14.1. The fourth-order valence-corrected chi connectivity index (χ4v) is 3.00. The lowest BCUT2D eigenvalue weighted by molar-refractivity contribution is -0.142. The maximum Gasteiger partial charge on any atom is 0.435 e. The summed E-state index contributed by atoms with van der Waals surface area (Å²) in [7, 11) is 1.43. The third-order valence-electron chi connectivity index (χ3n) is 4.15. The molecule has 0 saturated heterocycles. The van der Waals surface area contributed by atoms with Gasteiger partial charge in [0.1, 0.15) is 6.54 Å². The van der Waals surface area contributed by atoms with Gasteiger partial charge in [-0.15, -0.1) is 0 Å². The predicted molar refractivity (Wildman–Crippen MR) is 82.9 cm³/mol. The Morgan fingerprint density at radius 1 is 1.35 bits per heavy atom. The van der Waals surface area contributed by atoms with Crippen LogP contribution in [0.5, 0.6) is 0 Å². The zero-order valence-corrected chi connectivity index (χ0v) is 14.1. The molecule has 0 bridgehead atoms. The number of nitrogens with one attached hydrogen (secondary N) is 1. The molecule has 11 heteroatoms. The normalized spacial score (nSPS) is 14.2. The summed E-state index contributed by atoms with van der Waals surface area (Å²) in [5.41, 5.74) is 2.32. The molecule has 2 aromatic rings. The second-order valence-corrected chi connectivity index (χ2v) is 5.99. The quantitative estimate of drug-likeness (QED) is 0.504. The molecule has 0 aliphatic heterocycles. The van der Waals surface area contributed by atoms with Crippen molar-refractivity contribution in [3.63, 3.8) is 0 Å². The van der Waals surface area contributed by atoms with Crippen LogP contribution in [0.25, 0.3) is 0 Å². The van der Waals surface area contributed by atoms with Gasteiger partial charge in [-0.3, -0.25) is 9.48 Å². The molecule has 0 spiro atoms. The number of aromatic nitrogens is 4. The second-order valence-electron chi connectivity index (χ2n) is 5.99. The number of nitrogens with zero attached hydrogens (tertiary/aromatic N) is 5. The molecule has 0 radical (unpaired) electrons. The summed E-state index contributed by atoms with van der Waals surface area (Å²) in [5.74, 6) is -1.27. The van der Waals surface area contributed by atoms with Gasteiger partial charge in [0.25, 0.3) is 5.91 Å². The van der Waals surface area contributed by atoms with E-state index in [0.717, 1.165) is 15.6 Å². The highest BCUT2D eigenvalue weighted by Crippen LogP contribution is 2.36. The van der Waals surface area contributed by atoms with Crippen molar-refractivity contribution >= 4 is 12.1 Å². The Bertz CT molecular complexity index is 880. The average Bonchev–Trinajstić information content (AvgIpc) is 3.19. The molecular formula is C15H16F4N6O. The number of fused-ring (bicyclic) bond motifs is 1. The molecule has 1 N–H and O–H groups in total. The van der Waals surface area contributed by atoms with Crippen LogP contribution in [0.1, 0.15) is 34.6 Å². The van der Waals surface area contributed by atoms with E-state index in [1.807, 2.05) is 0 Å². The molecule has 3 rings (SSSR count). The molecule has 0 aromatic carbocycles. The molecule has 140 valence electrons. The molecule has 1 amide bonds. The van der Waals surface area contributed by atoms with Crippen LogP contribution in [0.3, 0.4) is 0 Å². The monoisotopic (exact) mass is 372 g/mol. The second kappa shape index (κ2) is 6.54. The van der Waals surface area contributed by atoms with Gasteiger partial charge in [-0.05, 0) is 26.2 Å². The number of hydrogen-bond donors (Lipinski definition) is 1. The lowest BCUT2D eigenvalue weighted by Gasteiger charge is -2.05. The fourth-order valence-electron chi connectivity index (χ4n) is 3.00. The van der Waals surface area contributed by atoms with Crippen molar-refractivity contribution in [1.29, 1.82) is 0 Å². The minimum absolute atomic E-state index is 0.118. The van der Waals surface area contributed by atoms with Crippen LogP contribution >= 0.6 is 0 Å². The number of carbonyl (C=O) groups is 1. The fraction of sp³-hybridized carbons (Fsp3) is 0.467. The highest BCUT2D eigenvalue weighted by atomic mass is 19.4. The highest BCUT2D eigenvalue weighted by molar-refractivity contribution is 5.83. The summed E-state index contributed by atoms with van der Waals surface area (Å²) in [4.78, 5) is 12.0. The molecule has 0 atom stereocenters. The van der Waals surface area contributed by atoms with Crippen molar-refractivity contribution < 1.29 is 22.4 Å². The van der Waals surface area contributed by atoms with Crippen molar-refractivity contribution in [2.45, 2.75) is 38.9 Å². The highest BCUT2D eigenvalue weighted by Gasteiger charge is 2.40. The lowest BCUT2D eigenvalue weighted by atomic mass is 10.2. The van der Waals surface area contributed by atoms with Crippen LogP contribution in [0, 0.1) is 12.9 Å². The first kappa shape index (κ1) is 18.1. The largest absolute Gasteiger partial charge is 0.435 e. The smallest absolute Gasteiger partial charge is 0.271 e. The predicted octanol–water partition coefficient (Wildman–Crippen LogP) is 1.72. The van der Waals surface area contributed by atoms with Crippen molar-refractivity contribution in [2.24, 2.45) is 12.1 Å². The molecule has 26 heavy (non-hydrogen) atoms. The summed E-state index contributed by atoms with van der Waals surface area (Å²) in [6, 6.07) is 0. The van der Waals surface area contributed by atoms with Crippen LogP contribution in [0.4, 0.5) is 17.6 Å². The van der Waals surface area contributed by atoms with E-state index < -0.39 is 30.3 Å². The molecule has 0 fully saturated rings. The number of carbonyl (C=O) groups excluding carboxylic acids is 1. The van der Waals surface area contributed by atoms with Gasteiger partial charge >= 0.3 is 6.18 Å². The molecule has 1 aliphatic carbocycles. The third-order valence-corrected chi connectivity index (χ3v) is 4.15. The Morgan fingerprint density at radius 2 is 2.08 bits per heavy atom. The Labute approximate surface area is 145 Å². The average molecular weight is 372 g/mol. The summed E-state index contributed by atoms with van der Waals surface area (Å²) in [6.45, 7) is 1.18. The van der Waals surface area contributed by atoms with Crippen LogP contribution in [-0.4, -0.2) is 31.7 Å². The number of hydrazone groups is 1. The van der Waals surface area contributed by atoms with Gasteiger partial charge in [0.15, 0.2) is 5.69 Å². The van der Waals surface area contributed by atoms with Gasteiger partial charge < -0.3 is 0 Å². The number of amides is 1. The maximum absolute atomic E-state index is 13.7. The number of halogens is 4. The Hall–Kier alpha value is -2.72. The van der Waals surface area contributed by atoms with E-state index >= 15 is 0 Å². The molecule has 2 heterocycles. The van der Waals surface area contributed by atoms with E-state index in [1.54, 1.807) is 6.92 Å². The number of aryl methyl sites for hydroxylation is 2. The van der Waals surface area contributed by atoms with E-state index in [4.69, 9.17) is 0 Å². The van der Waals surface area contributed by atoms with Crippen molar-refractivity contribution in [3.05, 3.63) is 34.2 Å². The van der Waals surface area contributed by atoms with Gasteiger partial charge in [0, 0.05) is 18.3 Å². The Balaban J connectivity index is 1.70. The van der Waals surface area contributed by atoms with Gasteiger partial charge in [0.2, 0.25) is 5.95 Å². The van der Waals surface area contributed by atoms with E-state index in [1.165, 1.54) is 7.05 Å². The van der Waals surface area contributed by atoms with Crippen molar-refractivity contribution in [1.82, 2.24) is 25.0 Å². The molecular weight excluding hydrogens is 356 g/mol. The third kappa shape index (κ3) is 3.33. The van der Waals surface area contributed by atoms with E-state index in [9.17, 15) is 22.4 Å². The van der Waals surface area contributed by atoms with Crippen LogP contribution < -0.4 is 5.43 Å². The van der Waals surface area contributed by atoms with E-state index in [0.29, 0.717) is 30.7 Å². The SMILES string of the molecule is Cc1nn(C)c(F)c1/C=N/NC(=O)Cn1nc(C(F)(F)F)c2c1CCC2. The summed E-state index contributed by atoms with van der Waals surface area (Å²) < 4.78 is 54.9. The minimum atomic E-state index is -4.55. The Kier molecular flexibility index (Phi) is 4.55. The first-order chi connectivity index (χ1) is 12.2. The molecule has 7 nitrogen and oxygen atoms in total. The number of alkyl halides is 3. The molecule has 1 aliphatic rings. The molecule has 2 aromatic heterocycles. The zero-order chi connectivity index (χ0) is 19.1. The summed E-state index contributed by atoms with van der Waals surface area (Å²) in [6.07, 6.45) is -2.12. The Morgan fingerprint density at radius 3 is 2.69 bits per heavy atom. The van der Waals surface area contributed by atoms with Crippen LogP contribution in [0.15, 0.2) is 5.10 Å². The van der Waals surface area contributed by atoms with Gasteiger partial charge in [-0.2, -0.15) is 32.9 Å². The van der Waals surface area contributed by atoms with E-state index in [-0.39, 0.29) is 11.1 Å². The van der Waals surface area contributed by atoms with Crippen molar-refractivity contribution in [2.75, 3.05) is 0 Å². The van der Waals surface area contributed by atoms with Crippen LogP contribution in [0.2, 0.25) is 0 Å². The van der Waals surface area contributed by atoms with Gasteiger partial charge in [-0.1, -0.05) is 0 Å². The number of rotatable bonds is 4. The maximum atomic E-state index is 13.7. The standard InChI is InChI=1S/C15H16F4N6O/c1-8-10(14(16)24(2)22-8)6-20-21-12(26)7-25-11-5-3-4-9(11)13(23-25)15(17,18)19/h6H,3-5,7H2,1-2H3,(H,21,26)/b20-6+. The molecule has 0 saturated carbocycles. The van der Waals surface area contributed by atoms with Crippen molar-refractivity contribution in [3.8, 4) is 0 Å². The summed E-state index contributed by atoms with van der Waals surface area (Å²) >= 11 is 0. The minimum Gasteiger partial charge on any atom is -0.271 e. The van der Waals surface area contributed by atoms with Crippen LogP contribution in [-0.2, 0) is 37.4 Å². The first-order valence-corrected chi connectivity index (χ1v) is 7.85. The van der Waals surface area contributed by atoms with Gasteiger partial charge in [-0.25, -0.2) is 10.1 Å². The lowest BCUT2D eigenvalue weighted by Crippen LogP contribution is -2.25. The summed E-state index contributed by atoms with van der Waals surface area (Å²) in [5, 5.41) is 11.0.